The van der Waals surface area contributed by atoms with Gasteiger partial charge in [0.05, 0.1) is 6.04 Å². The number of piperazine rings is 1. The molecular formula is C18H18ClN5O2. The summed E-state index contributed by atoms with van der Waals surface area (Å²) in [5.41, 5.74) is 1.18. The van der Waals surface area contributed by atoms with Gasteiger partial charge in [-0.3, -0.25) is 9.20 Å². The van der Waals surface area contributed by atoms with Gasteiger partial charge in [0.2, 0.25) is 5.91 Å². The van der Waals surface area contributed by atoms with E-state index in [0.717, 1.165) is 5.56 Å². The quantitative estimate of drug-likeness (QED) is 0.753. The van der Waals surface area contributed by atoms with Crippen molar-refractivity contribution in [2.45, 2.75) is 12.6 Å². The molecule has 1 saturated heterocycles. The second-order valence-electron chi connectivity index (χ2n) is 6.23. The van der Waals surface area contributed by atoms with Crippen molar-refractivity contribution in [1.82, 2.24) is 24.4 Å². The van der Waals surface area contributed by atoms with Crippen LogP contribution in [-0.2, 0) is 11.3 Å². The predicted octanol–water partition coefficient (Wildman–Crippen LogP) is 1.32. The molecule has 0 bridgehead atoms. The summed E-state index contributed by atoms with van der Waals surface area (Å²) in [5, 5.41) is 8.19. The standard InChI is InChI=1S/C18H18ClN5O2/c19-14-5-3-4-13(10-14)15-11-20-7-9-22(15)17(25)12-24-18(26)23-8-2-1-6-16(23)21-24/h1-6,8,10,15,20H,7,9,11-12H2. The molecule has 0 aliphatic carbocycles. The van der Waals surface area contributed by atoms with E-state index in [-0.39, 0.29) is 24.2 Å². The third kappa shape index (κ3) is 3.11. The summed E-state index contributed by atoms with van der Waals surface area (Å²) >= 11 is 6.11. The first-order valence-corrected chi connectivity index (χ1v) is 8.81. The molecule has 1 unspecified atom stereocenters. The maximum Gasteiger partial charge on any atom is 0.350 e. The van der Waals surface area contributed by atoms with Gasteiger partial charge in [0.25, 0.3) is 0 Å². The molecule has 4 rings (SSSR count). The van der Waals surface area contributed by atoms with Gasteiger partial charge in [-0.1, -0.05) is 29.8 Å². The van der Waals surface area contributed by atoms with Crippen molar-refractivity contribution in [2.75, 3.05) is 19.6 Å². The Balaban J connectivity index is 1.61. The smallest absolute Gasteiger partial charge is 0.331 e. The molecule has 1 atom stereocenters. The molecule has 1 fully saturated rings. The van der Waals surface area contributed by atoms with Gasteiger partial charge in [0, 0.05) is 30.9 Å². The van der Waals surface area contributed by atoms with E-state index in [4.69, 9.17) is 11.6 Å². The molecule has 8 heteroatoms. The molecule has 134 valence electrons. The number of rotatable bonds is 3. The topological polar surface area (TPSA) is 71.6 Å². The summed E-state index contributed by atoms with van der Waals surface area (Å²) in [6, 6.07) is 12.7. The molecule has 1 amide bonds. The molecule has 1 aromatic carbocycles. The summed E-state index contributed by atoms with van der Waals surface area (Å²) in [7, 11) is 0. The van der Waals surface area contributed by atoms with Gasteiger partial charge in [0.1, 0.15) is 6.54 Å². The Morgan fingerprint density at radius 2 is 2.15 bits per heavy atom. The number of nitrogens with zero attached hydrogens (tertiary/aromatic N) is 4. The Morgan fingerprint density at radius 1 is 1.27 bits per heavy atom. The summed E-state index contributed by atoms with van der Waals surface area (Å²) in [6.45, 7) is 1.84. The minimum Gasteiger partial charge on any atom is -0.331 e. The number of benzene rings is 1. The van der Waals surface area contributed by atoms with Crippen LogP contribution >= 0.6 is 11.6 Å². The monoisotopic (exact) mass is 371 g/mol. The molecule has 3 aromatic rings. The zero-order chi connectivity index (χ0) is 18.1. The van der Waals surface area contributed by atoms with E-state index in [2.05, 4.69) is 10.4 Å². The van der Waals surface area contributed by atoms with E-state index >= 15 is 0 Å². The van der Waals surface area contributed by atoms with Crippen LogP contribution in [0.3, 0.4) is 0 Å². The van der Waals surface area contributed by atoms with Gasteiger partial charge < -0.3 is 10.2 Å². The number of carbonyl (C=O) groups is 1. The Labute approximate surface area is 154 Å². The highest BCUT2D eigenvalue weighted by molar-refractivity contribution is 6.30. The number of halogens is 1. The molecule has 3 heterocycles. The average Bonchev–Trinajstić information content (AvgIpc) is 2.98. The zero-order valence-corrected chi connectivity index (χ0v) is 14.8. The summed E-state index contributed by atoms with van der Waals surface area (Å²) in [4.78, 5) is 27.1. The van der Waals surface area contributed by atoms with E-state index in [1.807, 2.05) is 24.3 Å². The second-order valence-corrected chi connectivity index (χ2v) is 6.67. The normalized spacial score (nSPS) is 17.6. The van der Waals surface area contributed by atoms with Crippen molar-refractivity contribution in [2.24, 2.45) is 0 Å². The maximum absolute atomic E-state index is 12.9. The first-order chi connectivity index (χ1) is 12.6. The summed E-state index contributed by atoms with van der Waals surface area (Å²) < 4.78 is 2.65. The van der Waals surface area contributed by atoms with Crippen molar-refractivity contribution in [3.05, 3.63) is 69.7 Å². The largest absolute Gasteiger partial charge is 0.350 e. The van der Waals surface area contributed by atoms with E-state index < -0.39 is 0 Å². The van der Waals surface area contributed by atoms with Crippen molar-refractivity contribution < 1.29 is 4.79 Å². The summed E-state index contributed by atoms with van der Waals surface area (Å²) in [6.07, 6.45) is 1.64. The van der Waals surface area contributed by atoms with Crippen LogP contribution in [0.25, 0.3) is 5.65 Å². The van der Waals surface area contributed by atoms with Crippen LogP contribution in [0.4, 0.5) is 0 Å². The van der Waals surface area contributed by atoms with E-state index in [0.29, 0.717) is 30.3 Å². The number of amides is 1. The molecule has 0 saturated carbocycles. The van der Waals surface area contributed by atoms with Crippen LogP contribution in [-0.4, -0.2) is 44.6 Å². The minimum atomic E-state index is -0.316. The highest BCUT2D eigenvalue weighted by Crippen LogP contribution is 2.24. The van der Waals surface area contributed by atoms with Crippen molar-refractivity contribution in [1.29, 1.82) is 0 Å². The van der Waals surface area contributed by atoms with Gasteiger partial charge >= 0.3 is 5.69 Å². The fourth-order valence-corrected chi connectivity index (χ4v) is 3.50. The first kappa shape index (κ1) is 16.8. The zero-order valence-electron chi connectivity index (χ0n) is 14.0. The molecule has 1 aliphatic rings. The number of pyridine rings is 1. The Kier molecular flexibility index (Phi) is 4.48. The van der Waals surface area contributed by atoms with Gasteiger partial charge in [0.15, 0.2) is 5.65 Å². The lowest BCUT2D eigenvalue weighted by Crippen LogP contribution is -2.50. The van der Waals surface area contributed by atoms with Crippen LogP contribution in [0, 0.1) is 0 Å². The molecule has 0 spiro atoms. The van der Waals surface area contributed by atoms with Gasteiger partial charge in [-0.15, -0.1) is 5.10 Å². The SMILES string of the molecule is O=C(Cn1nc2ccccn2c1=O)N1CCNCC1c1cccc(Cl)c1. The number of hydrogen-bond acceptors (Lipinski definition) is 4. The minimum absolute atomic E-state index is 0.0857. The predicted molar refractivity (Wildman–Crippen MR) is 98.2 cm³/mol. The summed E-state index contributed by atoms with van der Waals surface area (Å²) in [5.74, 6) is -0.137. The van der Waals surface area contributed by atoms with E-state index in [1.54, 1.807) is 29.3 Å². The van der Waals surface area contributed by atoms with Crippen LogP contribution < -0.4 is 11.0 Å². The number of aromatic nitrogens is 3. The fourth-order valence-electron chi connectivity index (χ4n) is 3.30. The van der Waals surface area contributed by atoms with E-state index in [1.165, 1.54) is 9.08 Å². The third-order valence-corrected chi connectivity index (χ3v) is 4.81. The average molecular weight is 372 g/mol. The van der Waals surface area contributed by atoms with Crippen LogP contribution in [0.2, 0.25) is 5.02 Å². The Morgan fingerprint density at radius 3 is 2.96 bits per heavy atom. The van der Waals surface area contributed by atoms with Crippen molar-refractivity contribution >= 4 is 23.2 Å². The van der Waals surface area contributed by atoms with Gasteiger partial charge in [-0.05, 0) is 29.8 Å². The number of carbonyl (C=O) groups excluding carboxylic acids is 1. The Bertz CT molecular complexity index is 1010. The van der Waals surface area contributed by atoms with Gasteiger partial charge in [-0.25, -0.2) is 9.48 Å². The number of nitrogens with one attached hydrogen (secondary N) is 1. The second kappa shape index (κ2) is 6.93. The molecular weight excluding hydrogens is 354 g/mol. The molecule has 1 N–H and O–H groups in total. The van der Waals surface area contributed by atoms with Crippen molar-refractivity contribution in [3.63, 3.8) is 0 Å². The first-order valence-electron chi connectivity index (χ1n) is 8.43. The molecule has 7 nitrogen and oxygen atoms in total. The Hall–Kier alpha value is -2.64. The third-order valence-electron chi connectivity index (χ3n) is 4.57. The molecule has 2 aromatic heterocycles. The van der Waals surface area contributed by atoms with Gasteiger partial charge in [-0.2, -0.15) is 0 Å². The fraction of sp³-hybridized carbons (Fsp3) is 0.278. The molecule has 26 heavy (non-hydrogen) atoms. The highest BCUT2D eigenvalue weighted by Gasteiger charge is 2.28. The van der Waals surface area contributed by atoms with Crippen LogP contribution in [0.5, 0.6) is 0 Å². The lowest BCUT2D eigenvalue weighted by Gasteiger charge is -2.36. The van der Waals surface area contributed by atoms with Crippen LogP contribution in [0.15, 0.2) is 53.5 Å². The lowest BCUT2D eigenvalue weighted by atomic mass is 10.0. The highest BCUT2D eigenvalue weighted by atomic mass is 35.5. The lowest BCUT2D eigenvalue weighted by molar-refractivity contribution is -0.135. The van der Waals surface area contributed by atoms with E-state index in [9.17, 15) is 9.59 Å². The molecule has 1 aliphatic heterocycles. The van der Waals surface area contributed by atoms with Crippen molar-refractivity contribution in [3.8, 4) is 0 Å². The number of hydrogen-bond donors (Lipinski definition) is 1. The molecule has 0 radical (unpaired) electrons. The van der Waals surface area contributed by atoms with Crippen LogP contribution in [0.1, 0.15) is 11.6 Å². The maximum atomic E-state index is 12.9. The number of fused-ring (bicyclic) bond motifs is 1.